The Balaban J connectivity index is 1.65. The fourth-order valence-electron chi connectivity index (χ4n) is 2.67. The molecule has 0 aliphatic heterocycles. The molecule has 2 rings (SSSR count). The number of hydrogen-bond acceptors (Lipinski definition) is 4. The fourth-order valence-corrected chi connectivity index (χ4v) is 3.31. The van der Waals surface area contributed by atoms with Crippen LogP contribution >= 0.6 is 11.3 Å². The highest BCUT2D eigenvalue weighted by atomic mass is 32.1. The molecule has 0 atom stereocenters. The van der Waals surface area contributed by atoms with Crippen molar-refractivity contribution in [3.8, 4) is 0 Å². The van der Waals surface area contributed by atoms with Crippen molar-refractivity contribution < 1.29 is 14.7 Å². The van der Waals surface area contributed by atoms with Crippen LogP contribution in [-0.4, -0.2) is 36.6 Å². The second kappa shape index (κ2) is 7.56. The van der Waals surface area contributed by atoms with Gasteiger partial charge in [-0.25, -0.2) is 0 Å². The number of aliphatic hydroxyl groups excluding tert-OH is 1. The van der Waals surface area contributed by atoms with Crippen molar-refractivity contribution in [3.63, 3.8) is 0 Å². The molecule has 116 valence electrons. The lowest BCUT2D eigenvalue weighted by molar-refractivity contribution is -0.121. The minimum atomic E-state index is -0.138. The first-order valence-corrected chi connectivity index (χ1v) is 8.22. The van der Waals surface area contributed by atoms with Crippen LogP contribution in [0.25, 0.3) is 0 Å². The Kier molecular flexibility index (Phi) is 5.76. The first kappa shape index (κ1) is 16.0. The number of thiophene rings is 1. The van der Waals surface area contributed by atoms with E-state index in [0.717, 1.165) is 25.7 Å². The lowest BCUT2D eigenvalue weighted by atomic mass is 9.87. The van der Waals surface area contributed by atoms with Gasteiger partial charge in [0, 0.05) is 24.9 Å². The van der Waals surface area contributed by atoms with Crippen LogP contribution in [0.4, 0.5) is 0 Å². The van der Waals surface area contributed by atoms with E-state index in [9.17, 15) is 14.7 Å². The summed E-state index contributed by atoms with van der Waals surface area (Å²) in [5.74, 6) is -0.221. The third-order valence-corrected chi connectivity index (χ3v) is 4.91. The Morgan fingerprint density at radius 3 is 2.67 bits per heavy atom. The minimum absolute atomic E-state index is 0.0822. The van der Waals surface area contributed by atoms with Crippen LogP contribution in [-0.2, 0) is 4.79 Å². The molecule has 6 heteroatoms. The van der Waals surface area contributed by atoms with E-state index in [1.165, 1.54) is 11.3 Å². The van der Waals surface area contributed by atoms with Gasteiger partial charge in [0.05, 0.1) is 11.5 Å². The van der Waals surface area contributed by atoms with E-state index in [1.807, 2.05) is 11.4 Å². The van der Waals surface area contributed by atoms with Crippen LogP contribution in [0.5, 0.6) is 0 Å². The number of carbonyl (C=O) groups is 2. The van der Waals surface area contributed by atoms with Gasteiger partial charge in [0.25, 0.3) is 5.91 Å². The van der Waals surface area contributed by atoms with E-state index in [-0.39, 0.29) is 30.3 Å². The summed E-state index contributed by atoms with van der Waals surface area (Å²) in [5.41, 5.74) is -0.129. The van der Waals surface area contributed by atoms with E-state index in [2.05, 4.69) is 10.6 Å². The summed E-state index contributed by atoms with van der Waals surface area (Å²) in [5, 5.41) is 16.9. The van der Waals surface area contributed by atoms with Crippen molar-refractivity contribution in [2.24, 2.45) is 5.41 Å². The molecule has 0 radical (unpaired) electrons. The highest BCUT2D eigenvalue weighted by molar-refractivity contribution is 7.12. The monoisotopic (exact) mass is 310 g/mol. The second-order valence-electron chi connectivity index (χ2n) is 5.63. The van der Waals surface area contributed by atoms with E-state index in [0.29, 0.717) is 18.0 Å². The van der Waals surface area contributed by atoms with E-state index < -0.39 is 0 Å². The lowest BCUT2D eigenvalue weighted by Crippen LogP contribution is -2.39. The molecule has 1 aliphatic rings. The summed E-state index contributed by atoms with van der Waals surface area (Å²) in [4.78, 5) is 24.1. The molecular formula is C15H22N2O3S. The summed E-state index contributed by atoms with van der Waals surface area (Å²) < 4.78 is 0. The maximum atomic E-state index is 11.8. The molecule has 0 saturated heterocycles. The molecule has 2 amide bonds. The summed E-state index contributed by atoms with van der Waals surface area (Å²) >= 11 is 1.38. The Hall–Kier alpha value is -1.40. The van der Waals surface area contributed by atoms with E-state index in [4.69, 9.17) is 0 Å². The van der Waals surface area contributed by atoms with Gasteiger partial charge in [-0.1, -0.05) is 18.9 Å². The largest absolute Gasteiger partial charge is 0.396 e. The van der Waals surface area contributed by atoms with E-state index in [1.54, 1.807) is 6.07 Å². The molecule has 21 heavy (non-hydrogen) atoms. The van der Waals surface area contributed by atoms with Crippen LogP contribution < -0.4 is 10.6 Å². The SMILES string of the molecule is O=C(CCNC(=O)c1cccs1)NCC1(CO)CCCC1. The topological polar surface area (TPSA) is 78.4 Å². The average Bonchev–Trinajstić information content (AvgIpc) is 3.17. The predicted molar refractivity (Wildman–Crippen MR) is 82.3 cm³/mol. The molecule has 0 spiro atoms. The molecule has 1 aromatic heterocycles. The Bertz CT molecular complexity index is 467. The summed E-state index contributed by atoms with van der Waals surface area (Å²) in [6, 6.07) is 3.58. The van der Waals surface area contributed by atoms with E-state index >= 15 is 0 Å². The third-order valence-electron chi connectivity index (χ3n) is 4.04. The van der Waals surface area contributed by atoms with Gasteiger partial charge in [-0.3, -0.25) is 9.59 Å². The maximum absolute atomic E-state index is 11.8. The number of nitrogens with one attached hydrogen (secondary N) is 2. The lowest BCUT2D eigenvalue weighted by Gasteiger charge is -2.26. The number of rotatable bonds is 7. The minimum Gasteiger partial charge on any atom is -0.396 e. The van der Waals surface area contributed by atoms with Crippen molar-refractivity contribution in [1.29, 1.82) is 0 Å². The van der Waals surface area contributed by atoms with Crippen LogP contribution in [0.3, 0.4) is 0 Å². The summed E-state index contributed by atoms with van der Waals surface area (Å²) in [6.45, 7) is 0.984. The summed E-state index contributed by atoms with van der Waals surface area (Å²) in [6.07, 6.45) is 4.44. The number of amides is 2. The smallest absolute Gasteiger partial charge is 0.261 e. The molecule has 0 bridgehead atoms. The number of carbonyl (C=O) groups excluding carboxylic acids is 2. The van der Waals surface area contributed by atoms with Gasteiger partial charge in [-0.2, -0.15) is 0 Å². The zero-order chi connectivity index (χ0) is 15.1. The first-order chi connectivity index (χ1) is 10.2. The quantitative estimate of drug-likeness (QED) is 0.715. The average molecular weight is 310 g/mol. The Morgan fingerprint density at radius 1 is 1.29 bits per heavy atom. The van der Waals surface area contributed by atoms with Gasteiger partial charge in [-0.15, -0.1) is 11.3 Å². The van der Waals surface area contributed by atoms with Crippen molar-refractivity contribution in [1.82, 2.24) is 10.6 Å². The van der Waals surface area contributed by atoms with Gasteiger partial charge in [0.15, 0.2) is 0 Å². The van der Waals surface area contributed by atoms with Crippen LogP contribution in [0.1, 0.15) is 41.8 Å². The van der Waals surface area contributed by atoms with Crippen molar-refractivity contribution in [2.75, 3.05) is 19.7 Å². The number of aliphatic hydroxyl groups is 1. The fraction of sp³-hybridized carbons (Fsp3) is 0.600. The maximum Gasteiger partial charge on any atom is 0.261 e. The highest BCUT2D eigenvalue weighted by Crippen LogP contribution is 2.36. The Labute approximate surface area is 128 Å². The third kappa shape index (κ3) is 4.54. The van der Waals surface area contributed by atoms with Gasteiger partial charge in [-0.05, 0) is 24.3 Å². The van der Waals surface area contributed by atoms with Crippen LogP contribution in [0, 0.1) is 5.41 Å². The first-order valence-electron chi connectivity index (χ1n) is 7.34. The summed E-state index contributed by atoms with van der Waals surface area (Å²) in [7, 11) is 0. The van der Waals surface area contributed by atoms with Crippen molar-refractivity contribution >= 4 is 23.2 Å². The van der Waals surface area contributed by atoms with Crippen molar-refractivity contribution in [2.45, 2.75) is 32.1 Å². The molecule has 1 aromatic rings. The zero-order valence-corrected chi connectivity index (χ0v) is 12.9. The molecule has 3 N–H and O–H groups in total. The molecule has 5 nitrogen and oxygen atoms in total. The van der Waals surface area contributed by atoms with Gasteiger partial charge >= 0.3 is 0 Å². The van der Waals surface area contributed by atoms with Gasteiger partial charge in [0.2, 0.25) is 5.91 Å². The van der Waals surface area contributed by atoms with Crippen LogP contribution in [0.2, 0.25) is 0 Å². The van der Waals surface area contributed by atoms with Gasteiger partial charge in [0.1, 0.15) is 0 Å². The molecule has 0 aromatic carbocycles. The normalized spacial score (nSPS) is 16.6. The highest BCUT2D eigenvalue weighted by Gasteiger charge is 2.33. The molecular weight excluding hydrogens is 288 g/mol. The van der Waals surface area contributed by atoms with Crippen LogP contribution in [0.15, 0.2) is 17.5 Å². The molecule has 0 unspecified atom stereocenters. The van der Waals surface area contributed by atoms with Gasteiger partial charge < -0.3 is 15.7 Å². The Morgan fingerprint density at radius 2 is 2.05 bits per heavy atom. The zero-order valence-electron chi connectivity index (χ0n) is 12.1. The number of hydrogen-bond donors (Lipinski definition) is 3. The molecule has 1 aliphatic carbocycles. The molecule has 1 saturated carbocycles. The standard InChI is InChI=1S/C15H22N2O3S/c18-11-15(6-1-2-7-15)10-17-13(19)5-8-16-14(20)12-4-3-9-21-12/h3-4,9,18H,1-2,5-8,10-11H2,(H,16,20)(H,17,19). The molecule has 1 fully saturated rings. The predicted octanol–water partition coefficient (Wildman–Crippen LogP) is 1.54. The second-order valence-corrected chi connectivity index (χ2v) is 6.57. The molecule has 1 heterocycles. The van der Waals surface area contributed by atoms with Crippen molar-refractivity contribution in [3.05, 3.63) is 22.4 Å².